The predicted molar refractivity (Wildman–Crippen MR) is 82.0 cm³/mol. The third-order valence-corrected chi connectivity index (χ3v) is 4.79. The highest BCUT2D eigenvalue weighted by atomic mass is 19.1. The molecule has 2 fully saturated rings. The van der Waals surface area contributed by atoms with Gasteiger partial charge in [0.05, 0.1) is 0 Å². The Balaban J connectivity index is 1.44. The van der Waals surface area contributed by atoms with Crippen LogP contribution in [0.25, 0.3) is 0 Å². The molecule has 0 bridgehead atoms. The number of piperazine rings is 1. The van der Waals surface area contributed by atoms with Crippen LogP contribution in [-0.2, 0) is 4.79 Å². The Labute approximate surface area is 125 Å². The molecule has 3 nitrogen and oxygen atoms in total. The van der Waals surface area contributed by atoms with Gasteiger partial charge in [-0.25, -0.2) is 4.39 Å². The Morgan fingerprint density at radius 3 is 2.43 bits per heavy atom. The lowest BCUT2D eigenvalue weighted by atomic mass is 10.0. The molecule has 0 amide bonds. The normalized spacial score (nSPS) is 23.8. The second-order valence-electron chi connectivity index (χ2n) is 6.15. The average molecular weight is 290 g/mol. The third-order valence-electron chi connectivity index (χ3n) is 4.79. The molecule has 21 heavy (non-hydrogen) atoms. The van der Waals surface area contributed by atoms with Crippen molar-refractivity contribution in [3.63, 3.8) is 0 Å². The summed E-state index contributed by atoms with van der Waals surface area (Å²) in [5.74, 6) is 0.610. The first-order valence-electron chi connectivity index (χ1n) is 7.98. The van der Waals surface area contributed by atoms with Crippen molar-refractivity contribution in [3.05, 3.63) is 30.1 Å². The lowest BCUT2D eigenvalue weighted by Crippen LogP contribution is -2.47. The Morgan fingerprint density at radius 1 is 1.10 bits per heavy atom. The molecule has 0 spiro atoms. The van der Waals surface area contributed by atoms with E-state index in [2.05, 4.69) is 9.80 Å². The van der Waals surface area contributed by atoms with Crippen molar-refractivity contribution >= 4 is 11.5 Å². The summed E-state index contributed by atoms with van der Waals surface area (Å²) in [5.41, 5.74) is 1.10. The van der Waals surface area contributed by atoms with Crippen molar-refractivity contribution in [1.29, 1.82) is 0 Å². The van der Waals surface area contributed by atoms with Crippen LogP contribution < -0.4 is 4.90 Å². The monoisotopic (exact) mass is 290 g/mol. The Kier molecular flexibility index (Phi) is 4.54. The maximum atomic E-state index is 12.9. The van der Waals surface area contributed by atoms with Gasteiger partial charge >= 0.3 is 0 Å². The minimum absolute atomic E-state index is 0.182. The van der Waals surface area contributed by atoms with E-state index in [9.17, 15) is 9.18 Å². The largest absolute Gasteiger partial charge is 0.369 e. The van der Waals surface area contributed by atoms with Crippen LogP contribution in [0.4, 0.5) is 10.1 Å². The molecular weight excluding hydrogens is 267 g/mol. The van der Waals surface area contributed by atoms with Crippen LogP contribution in [0.5, 0.6) is 0 Å². The van der Waals surface area contributed by atoms with Crippen LogP contribution in [0.3, 0.4) is 0 Å². The van der Waals surface area contributed by atoms with Crippen molar-refractivity contribution < 1.29 is 9.18 Å². The fourth-order valence-corrected chi connectivity index (χ4v) is 3.41. The summed E-state index contributed by atoms with van der Waals surface area (Å²) in [6, 6.07) is 6.74. The molecule has 1 aromatic carbocycles. The van der Waals surface area contributed by atoms with E-state index in [1.54, 1.807) is 0 Å². The molecule has 0 radical (unpaired) electrons. The zero-order valence-corrected chi connectivity index (χ0v) is 12.4. The van der Waals surface area contributed by atoms with Crippen LogP contribution in [-0.4, -0.2) is 43.4 Å². The topological polar surface area (TPSA) is 23.6 Å². The van der Waals surface area contributed by atoms with Gasteiger partial charge in [0, 0.05) is 44.2 Å². The highest BCUT2D eigenvalue weighted by Gasteiger charge is 2.25. The van der Waals surface area contributed by atoms with E-state index in [4.69, 9.17) is 0 Å². The van der Waals surface area contributed by atoms with Gasteiger partial charge in [-0.2, -0.15) is 0 Å². The van der Waals surface area contributed by atoms with Crippen LogP contribution in [0.2, 0.25) is 0 Å². The van der Waals surface area contributed by atoms with Crippen molar-refractivity contribution in [2.24, 2.45) is 5.92 Å². The first-order valence-corrected chi connectivity index (χ1v) is 7.98. The zero-order chi connectivity index (χ0) is 14.7. The number of anilines is 1. The molecule has 3 rings (SSSR count). The van der Waals surface area contributed by atoms with E-state index < -0.39 is 0 Å². The van der Waals surface area contributed by atoms with Gasteiger partial charge in [-0.3, -0.25) is 9.69 Å². The van der Waals surface area contributed by atoms with Gasteiger partial charge in [0.1, 0.15) is 11.6 Å². The molecule has 114 valence electrons. The average Bonchev–Trinajstić information content (AvgIpc) is 2.92. The highest BCUT2D eigenvalue weighted by Crippen LogP contribution is 2.25. The number of ketones is 1. The fraction of sp³-hybridized carbons (Fsp3) is 0.588. The Morgan fingerprint density at radius 2 is 1.81 bits per heavy atom. The molecule has 0 aromatic heterocycles. The molecule has 1 aliphatic carbocycles. The lowest BCUT2D eigenvalue weighted by molar-refractivity contribution is -0.120. The number of Topliss-reactive ketones (excluding diaryl/α,β-unsaturated/α-hetero) is 1. The van der Waals surface area contributed by atoms with Gasteiger partial charge in [0.15, 0.2) is 0 Å². The van der Waals surface area contributed by atoms with E-state index in [0.717, 1.165) is 64.1 Å². The van der Waals surface area contributed by atoms with Crippen LogP contribution >= 0.6 is 0 Å². The minimum Gasteiger partial charge on any atom is -0.369 e. The first kappa shape index (κ1) is 14.5. The first-order chi connectivity index (χ1) is 10.2. The van der Waals surface area contributed by atoms with Crippen molar-refractivity contribution in [1.82, 2.24) is 4.90 Å². The summed E-state index contributed by atoms with van der Waals surface area (Å²) < 4.78 is 12.9. The molecule has 1 atom stereocenters. The molecule has 1 saturated carbocycles. The van der Waals surface area contributed by atoms with Crippen LogP contribution in [0.15, 0.2) is 24.3 Å². The second kappa shape index (κ2) is 6.56. The fourth-order valence-electron chi connectivity index (χ4n) is 3.41. The summed E-state index contributed by atoms with van der Waals surface area (Å²) in [7, 11) is 0. The lowest BCUT2D eigenvalue weighted by Gasteiger charge is -2.36. The van der Waals surface area contributed by atoms with Gasteiger partial charge in [0.2, 0.25) is 0 Å². The van der Waals surface area contributed by atoms with Crippen molar-refractivity contribution in [2.45, 2.75) is 25.7 Å². The molecule has 1 saturated heterocycles. The molecule has 1 aliphatic heterocycles. The van der Waals surface area contributed by atoms with Gasteiger partial charge in [0.25, 0.3) is 0 Å². The van der Waals surface area contributed by atoms with Gasteiger partial charge in [-0.15, -0.1) is 0 Å². The standard InChI is InChI=1S/C17H23FN2O/c18-15-4-6-16(7-5-15)20-12-10-19(11-13-20)9-8-14-2-1-3-17(14)21/h4-7,14H,1-3,8-13H2. The van der Waals surface area contributed by atoms with E-state index in [1.807, 2.05) is 12.1 Å². The van der Waals surface area contributed by atoms with Crippen LogP contribution in [0.1, 0.15) is 25.7 Å². The number of rotatable bonds is 4. The van der Waals surface area contributed by atoms with Crippen molar-refractivity contribution in [2.75, 3.05) is 37.6 Å². The zero-order valence-electron chi connectivity index (χ0n) is 12.4. The maximum Gasteiger partial charge on any atom is 0.136 e. The summed E-state index contributed by atoms with van der Waals surface area (Å²) in [6.45, 7) is 5.04. The van der Waals surface area contributed by atoms with Crippen LogP contribution in [0, 0.1) is 11.7 Å². The van der Waals surface area contributed by atoms with E-state index >= 15 is 0 Å². The Hall–Kier alpha value is -1.42. The summed E-state index contributed by atoms with van der Waals surface area (Å²) >= 11 is 0. The smallest absolute Gasteiger partial charge is 0.136 e. The number of halogens is 1. The molecule has 2 aliphatic rings. The SMILES string of the molecule is O=C1CCCC1CCN1CCN(c2ccc(F)cc2)CC1. The van der Waals surface area contributed by atoms with Gasteiger partial charge in [-0.05, 0) is 50.1 Å². The van der Waals surface area contributed by atoms with Crippen molar-refractivity contribution in [3.8, 4) is 0 Å². The summed E-state index contributed by atoms with van der Waals surface area (Å²) in [5, 5.41) is 0. The Bertz CT molecular complexity index is 480. The molecule has 0 N–H and O–H groups in total. The molecule has 1 aromatic rings. The molecule has 1 unspecified atom stereocenters. The third kappa shape index (κ3) is 3.62. The number of hydrogen-bond donors (Lipinski definition) is 0. The minimum atomic E-state index is -0.182. The molecule has 1 heterocycles. The van der Waals surface area contributed by atoms with E-state index in [1.165, 1.54) is 12.1 Å². The number of hydrogen-bond acceptors (Lipinski definition) is 3. The second-order valence-corrected chi connectivity index (χ2v) is 6.15. The van der Waals surface area contributed by atoms with Gasteiger partial charge < -0.3 is 4.90 Å². The van der Waals surface area contributed by atoms with E-state index in [-0.39, 0.29) is 5.82 Å². The quantitative estimate of drug-likeness (QED) is 0.852. The molecule has 4 heteroatoms. The van der Waals surface area contributed by atoms with E-state index in [0.29, 0.717) is 11.7 Å². The molecular formula is C17H23FN2O. The highest BCUT2D eigenvalue weighted by molar-refractivity contribution is 5.82. The maximum absolute atomic E-state index is 12.9. The number of benzene rings is 1. The number of carbonyl (C=O) groups is 1. The summed E-state index contributed by atoms with van der Waals surface area (Å²) in [6.07, 6.45) is 3.99. The summed E-state index contributed by atoms with van der Waals surface area (Å²) in [4.78, 5) is 16.4. The van der Waals surface area contributed by atoms with Gasteiger partial charge in [-0.1, -0.05) is 0 Å². The predicted octanol–water partition coefficient (Wildman–Crippen LogP) is 2.71. The number of carbonyl (C=O) groups excluding carboxylic acids is 1. The number of nitrogens with zero attached hydrogens (tertiary/aromatic N) is 2.